The second-order valence-electron chi connectivity index (χ2n) is 7.87. The van der Waals surface area contributed by atoms with Crippen molar-refractivity contribution in [2.75, 3.05) is 5.32 Å². The number of aromatic nitrogens is 4. The Morgan fingerprint density at radius 3 is 2.62 bits per heavy atom. The van der Waals surface area contributed by atoms with Gasteiger partial charge in [-0.25, -0.2) is 14.1 Å². The number of pyridine rings is 1. The van der Waals surface area contributed by atoms with Crippen LogP contribution in [0, 0.1) is 11.7 Å². The van der Waals surface area contributed by atoms with E-state index in [9.17, 15) is 9.18 Å². The highest BCUT2D eigenvalue weighted by Gasteiger charge is 2.39. The van der Waals surface area contributed by atoms with Crippen LogP contribution in [0.1, 0.15) is 24.1 Å². The number of rotatable bonds is 6. The van der Waals surface area contributed by atoms with Crippen LogP contribution in [0.15, 0.2) is 89.3 Å². The number of hydrogen-bond acceptors (Lipinski definition) is 6. The van der Waals surface area contributed by atoms with Gasteiger partial charge < -0.3 is 5.32 Å². The lowest BCUT2D eigenvalue weighted by molar-refractivity contribution is -0.118. The quantitative estimate of drug-likeness (QED) is 0.397. The van der Waals surface area contributed by atoms with Gasteiger partial charge in [-0.1, -0.05) is 54.2 Å². The van der Waals surface area contributed by atoms with E-state index < -0.39 is 12.0 Å². The number of nitrogens with one attached hydrogen (secondary N) is 1. The van der Waals surface area contributed by atoms with Crippen LogP contribution in [0.4, 0.5) is 16.0 Å². The largest absolute Gasteiger partial charge is 0.324 e. The van der Waals surface area contributed by atoms with Gasteiger partial charge in [0.1, 0.15) is 11.7 Å². The van der Waals surface area contributed by atoms with Crippen LogP contribution < -0.4 is 5.32 Å². The second-order valence-corrected chi connectivity index (χ2v) is 8.81. The van der Waals surface area contributed by atoms with E-state index in [0.717, 1.165) is 11.1 Å². The fraction of sp³-hybridized carbons (Fsp3) is 0.160. The molecule has 170 valence electrons. The molecule has 2 unspecified atom stereocenters. The maximum atomic E-state index is 13.7. The monoisotopic (exact) mass is 472 g/mol. The number of hydrogen-bond donors (Lipinski definition) is 1. The highest BCUT2D eigenvalue weighted by molar-refractivity contribution is 7.98. The highest BCUT2D eigenvalue weighted by atomic mass is 32.2. The van der Waals surface area contributed by atoms with Gasteiger partial charge in [0.2, 0.25) is 17.0 Å². The summed E-state index contributed by atoms with van der Waals surface area (Å²) in [5.74, 6) is -0.124. The Morgan fingerprint density at radius 2 is 1.88 bits per heavy atom. The van der Waals surface area contributed by atoms with Crippen LogP contribution in [0.3, 0.4) is 0 Å². The minimum Gasteiger partial charge on any atom is -0.324 e. The van der Waals surface area contributed by atoms with Crippen LogP contribution in [-0.2, 0) is 10.5 Å². The van der Waals surface area contributed by atoms with E-state index in [-0.39, 0.29) is 11.7 Å². The van der Waals surface area contributed by atoms with Gasteiger partial charge in [0.05, 0.1) is 17.9 Å². The minimum absolute atomic E-state index is 0.247. The zero-order valence-corrected chi connectivity index (χ0v) is 19.1. The first-order valence-corrected chi connectivity index (χ1v) is 11.7. The van der Waals surface area contributed by atoms with Gasteiger partial charge in [0, 0.05) is 17.7 Å². The van der Waals surface area contributed by atoms with Crippen molar-refractivity contribution < 1.29 is 9.18 Å². The van der Waals surface area contributed by atoms with Crippen molar-refractivity contribution in [2.45, 2.75) is 23.9 Å². The van der Waals surface area contributed by atoms with Gasteiger partial charge in [-0.15, -0.1) is 5.10 Å². The van der Waals surface area contributed by atoms with Gasteiger partial charge in [0.25, 0.3) is 0 Å². The molecule has 34 heavy (non-hydrogen) atoms. The molecule has 0 radical (unpaired) electrons. The van der Waals surface area contributed by atoms with Crippen molar-refractivity contribution in [2.24, 2.45) is 10.9 Å². The predicted molar refractivity (Wildman–Crippen MR) is 130 cm³/mol. The van der Waals surface area contributed by atoms with Gasteiger partial charge >= 0.3 is 0 Å². The molecule has 3 heterocycles. The molecule has 1 aliphatic heterocycles. The van der Waals surface area contributed by atoms with Gasteiger partial charge in [-0.2, -0.15) is 4.98 Å². The molecule has 0 bridgehead atoms. The van der Waals surface area contributed by atoms with Crippen molar-refractivity contribution in [3.05, 3.63) is 96.1 Å². The van der Waals surface area contributed by atoms with Gasteiger partial charge in [0.15, 0.2) is 0 Å². The molecular weight excluding hydrogens is 451 g/mol. The molecule has 2 atom stereocenters. The molecule has 9 heteroatoms. The van der Waals surface area contributed by atoms with Crippen LogP contribution in [0.5, 0.6) is 0 Å². The number of benzene rings is 2. The van der Waals surface area contributed by atoms with Crippen LogP contribution in [0.25, 0.3) is 0 Å². The molecule has 1 N–H and O–H groups in total. The number of carbonyl (C=O) groups excluding carboxylic acids is 1. The SMILES string of the molecule is CC1=Nc2nc(SCc3ccccc3)nn2C(c2ccc(F)cc2)C1C(=O)Nc1cccnc1. The fourth-order valence-corrected chi connectivity index (χ4v) is 4.70. The Bertz CT molecular complexity index is 1320. The number of thioether (sulfide) groups is 1. The smallest absolute Gasteiger partial charge is 0.249 e. The normalized spacial score (nSPS) is 17.1. The summed E-state index contributed by atoms with van der Waals surface area (Å²) in [7, 11) is 0. The summed E-state index contributed by atoms with van der Waals surface area (Å²) in [5, 5.41) is 8.18. The van der Waals surface area contributed by atoms with E-state index in [1.807, 2.05) is 30.3 Å². The number of carbonyl (C=O) groups is 1. The maximum Gasteiger partial charge on any atom is 0.249 e. The first-order chi connectivity index (χ1) is 16.6. The van der Waals surface area contributed by atoms with E-state index in [4.69, 9.17) is 5.10 Å². The summed E-state index contributed by atoms with van der Waals surface area (Å²) in [6.45, 7) is 1.80. The summed E-state index contributed by atoms with van der Waals surface area (Å²) < 4.78 is 15.4. The summed E-state index contributed by atoms with van der Waals surface area (Å²) in [4.78, 5) is 26.7. The number of fused-ring (bicyclic) bond motifs is 1. The molecule has 4 aromatic rings. The number of nitrogens with zero attached hydrogens (tertiary/aromatic N) is 5. The van der Waals surface area contributed by atoms with Gasteiger partial charge in [-0.05, 0) is 42.3 Å². The average molecular weight is 473 g/mol. The molecule has 7 nitrogen and oxygen atoms in total. The number of amides is 1. The molecule has 0 fully saturated rings. The molecule has 0 saturated carbocycles. The molecular formula is C25H21FN6OS. The zero-order valence-electron chi connectivity index (χ0n) is 18.3. The first-order valence-electron chi connectivity index (χ1n) is 10.7. The highest BCUT2D eigenvalue weighted by Crippen LogP contribution is 2.37. The van der Waals surface area contributed by atoms with Crippen molar-refractivity contribution in [3.8, 4) is 0 Å². The molecule has 1 aliphatic rings. The molecule has 0 aliphatic carbocycles. The Balaban J connectivity index is 1.49. The summed E-state index contributed by atoms with van der Waals surface area (Å²) in [5.41, 5.74) is 3.09. The van der Waals surface area contributed by atoms with Crippen molar-refractivity contribution in [3.63, 3.8) is 0 Å². The van der Waals surface area contributed by atoms with E-state index in [1.54, 1.807) is 48.3 Å². The fourth-order valence-electron chi connectivity index (χ4n) is 3.92. The molecule has 5 rings (SSSR count). The summed E-state index contributed by atoms with van der Waals surface area (Å²) in [6.07, 6.45) is 3.22. The Kier molecular flexibility index (Phi) is 6.18. The Hall–Kier alpha value is -3.85. The molecule has 2 aromatic carbocycles. The third-order valence-electron chi connectivity index (χ3n) is 5.53. The third kappa shape index (κ3) is 4.60. The van der Waals surface area contributed by atoms with Crippen LogP contribution in [0.2, 0.25) is 0 Å². The maximum absolute atomic E-state index is 13.7. The lowest BCUT2D eigenvalue weighted by Gasteiger charge is -2.30. The molecule has 0 saturated heterocycles. The Morgan fingerprint density at radius 1 is 1.09 bits per heavy atom. The van der Waals surface area contributed by atoms with E-state index in [1.165, 1.54) is 23.9 Å². The lowest BCUT2D eigenvalue weighted by atomic mass is 9.87. The molecule has 1 amide bonds. The van der Waals surface area contributed by atoms with Crippen molar-refractivity contribution in [1.82, 2.24) is 19.7 Å². The topological polar surface area (TPSA) is 85.1 Å². The lowest BCUT2D eigenvalue weighted by Crippen LogP contribution is -2.39. The van der Waals surface area contributed by atoms with Crippen LogP contribution in [-0.4, -0.2) is 31.4 Å². The molecule has 0 spiro atoms. The van der Waals surface area contributed by atoms with Crippen LogP contribution >= 0.6 is 11.8 Å². The standard InChI is InChI=1S/C25H21FN6OS/c1-16-21(23(33)29-20-8-5-13-27-14-20)22(18-9-11-19(26)12-10-18)32-24(28-16)30-25(31-32)34-15-17-6-3-2-4-7-17/h2-14,21-22H,15H2,1H3,(H,29,33). The first kappa shape index (κ1) is 22.0. The Labute approximate surface area is 200 Å². The van der Waals surface area contributed by atoms with E-state index >= 15 is 0 Å². The summed E-state index contributed by atoms with van der Waals surface area (Å²) >= 11 is 1.50. The van der Waals surface area contributed by atoms with Crippen molar-refractivity contribution >= 4 is 35.0 Å². The number of halogens is 1. The van der Waals surface area contributed by atoms with E-state index in [0.29, 0.717) is 28.3 Å². The van der Waals surface area contributed by atoms with Gasteiger partial charge in [-0.3, -0.25) is 9.78 Å². The average Bonchev–Trinajstić information content (AvgIpc) is 3.26. The molecule has 2 aromatic heterocycles. The second kappa shape index (κ2) is 9.56. The van der Waals surface area contributed by atoms with Crippen molar-refractivity contribution in [1.29, 1.82) is 0 Å². The summed E-state index contributed by atoms with van der Waals surface area (Å²) in [6, 6.07) is 19.2. The van der Waals surface area contributed by atoms with E-state index in [2.05, 4.69) is 20.3 Å². The number of anilines is 1. The zero-order chi connectivity index (χ0) is 23.5. The predicted octanol–water partition coefficient (Wildman–Crippen LogP) is 5.05. The minimum atomic E-state index is -0.660. The third-order valence-corrected chi connectivity index (χ3v) is 6.44. The number of aliphatic imine (C=N–C) groups is 1.